The average Bonchev–Trinajstić information content (AvgIpc) is 2.93. The van der Waals surface area contributed by atoms with Gasteiger partial charge in [-0.2, -0.15) is 0 Å². The van der Waals surface area contributed by atoms with Gasteiger partial charge < -0.3 is 4.74 Å². The van der Waals surface area contributed by atoms with Gasteiger partial charge in [0.15, 0.2) is 0 Å². The van der Waals surface area contributed by atoms with E-state index in [9.17, 15) is 0 Å². The molecule has 1 unspecified atom stereocenters. The lowest BCUT2D eigenvalue weighted by Crippen LogP contribution is -2.29. The fourth-order valence-electron chi connectivity index (χ4n) is 2.57. The van der Waals surface area contributed by atoms with E-state index < -0.39 is 0 Å². The highest BCUT2D eigenvalue weighted by Gasteiger charge is 2.20. The first-order chi connectivity index (χ1) is 9.78. The van der Waals surface area contributed by atoms with Crippen LogP contribution < -0.4 is 16.0 Å². The predicted octanol–water partition coefficient (Wildman–Crippen LogP) is 2.53. The third-order valence-corrected chi connectivity index (χ3v) is 4.00. The number of hydrogen-bond donors (Lipinski definition) is 2. The van der Waals surface area contributed by atoms with Crippen molar-refractivity contribution in [2.45, 2.75) is 18.9 Å². The number of benzene rings is 1. The maximum absolute atomic E-state index is 5.76. The molecule has 0 saturated heterocycles. The van der Waals surface area contributed by atoms with Gasteiger partial charge in [-0.3, -0.25) is 16.3 Å². The first-order valence-electron chi connectivity index (χ1n) is 6.58. The van der Waals surface area contributed by atoms with Crippen LogP contribution in [0.5, 0.6) is 5.75 Å². The second-order valence-electron chi connectivity index (χ2n) is 4.86. The fourth-order valence-corrected chi connectivity index (χ4v) is 3.13. The molecule has 0 saturated carbocycles. The molecule has 2 heterocycles. The Kier molecular flexibility index (Phi) is 4.00. The van der Waals surface area contributed by atoms with Crippen molar-refractivity contribution in [2.75, 3.05) is 6.61 Å². The molecule has 5 heteroatoms. The highest BCUT2D eigenvalue weighted by molar-refractivity contribution is 9.10. The summed E-state index contributed by atoms with van der Waals surface area (Å²) in [5, 5.41) is 0. The van der Waals surface area contributed by atoms with Crippen LogP contribution in [0.2, 0.25) is 0 Å². The average molecular weight is 334 g/mol. The van der Waals surface area contributed by atoms with Crippen molar-refractivity contribution in [1.29, 1.82) is 0 Å². The minimum absolute atomic E-state index is 0.0197. The summed E-state index contributed by atoms with van der Waals surface area (Å²) in [6.07, 6.45) is 5.33. The number of halogens is 1. The van der Waals surface area contributed by atoms with Crippen molar-refractivity contribution >= 4 is 15.9 Å². The number of nitrogens with two attached hydrogens (primary N) is 1. The third-order valence-electron chi connectivity index (χ3n) is 3.54. The highest BCUT2D eigenvalue weighted by atomic mass is 79.9. The Hall–Kier alpha value is -1.43. The van der Waals surface area contributed by atoms with Crippen molar-refractivity contribution in [2.24, 2.45) is 5.84 Å². The molecule has 3 rings (SSSR count). The normalized spacial score (nSPS) is 14.7. The summed E-state index contributed by atoms with van der Waals surface area (Å²) in [6.45, 7) is 0.756. The van der Waals surface area contributed by atoms with Crippen LogP contribution in [0.1, 0.15) is 22.7 Å². The van der Waals surface area contributed by atoms with E-state index in [0.717, 1.165) is 35.2 Å². The molecule has 0 radical (unpaired) electrons. The zero-order chi connectivity index (χ0) is 13.9. The van der Waals surface area contributed by atoms with Crippen LogP contribution in [0.15, 0.2) is 41.1 Å². The van der Waals surface area contributed by atoms with Gasteiger partial charge in [-0.1, -0.05) is 22.0 Å². The zero-order valence-electron chi connectivity index (χ0n) is 11.0. The molecule has 0 amide bonds. The zero-order valence-corrected chi connectivity index (χ0v) is 12.6. The van der Waals surface area contributed by atoms with Gasteiger partial charge in [-0.25, -0.2) is 0 Å². The molecule has 104 valence electrons. The molecule has 2 aromatic rings. The Balaban J connectivity index is 1.91. The SMILES string of the molecule is NNC(Cc1cc(Br)cc2c1OCC2)c1cccnc1. The first-order valence-corrected chi connectivity index (χ1v) is 7.37. The van der Waals surface area contributed by atoms with E-state index in [1.807, 2.05) is 18.3 Å². The van der Waals surface area contributed by atoms with E-state index in [0.29, 0.717) is 0 Å². The molecule has 1 aliphatic rings. The Morgan fingerprint density at radius 3 is 3.10 bits per heavy atom. The molecule has 4 nitrogen and oxygen atoms in total. The number of fused-ring (bicyclic) bond motifs is 1. The largest absolute Gasteiger partial charge is 0.493 e. The van der Waals surface area contributed by atoms with Crippen molar-refractivity contribution in [3.05, 3.63) is 57.8 Å². The standard InChI is InChI=1S/C15H16BrN3O/c16-13-6-10-3-5-20-15(10)12(7-13)8-14(19-17)11-2-1-4-18-9-11/h1-2,4,6-7,9,14,19H,3,5,8,17H2. The molecule has 0 fully saturated rings. The second-order valence-corrected chi connectivity index (χ2v) is 5.78. The van der Waals surface area contributed by atoms with Crippen LogP contribution in [0.4, 0.5) is 0 Å². The minimum Gasteiger partial charge on any atom is -0.493 e. The highest BCUT2D eigenvalue weighted by Crippen LogP contribution is 2.35. The first kappa shape index (κ1) is 13.5. The van der Waals surface area contributed by atoms with E-state index in [1.54, 1.807) is 6.20 Å². The molecule has 3 N–H and O–H groups in total. The van der Waals surface area contributed by atoms with Gasteiger partial charge in [-0.15, -0.1) is 0 Å². The lowest BCUT2D eigenvalue weighted by Gasteiger charge is -2.18. The van der Waals surface area contributed by atoms with Gasteiger partial charge in [0.05, 0.1) is 12.6 Å². The van der Waals surface area contributed by atoms with Crippen LogP contribution in [0.25, 0.3) is 0 Å². The summed E-state index contributed by atoms with van der Waals surface area (Å²) in [5.41, 5.74) is 6.36. The number of ether oxygens (including phenoxy) is 1. The number of aromatic nitrogens is 1. The molecular formula is C15H16BrN3O. The Morgan fingerprint density at radius 1 is 1.45 bits per heavy atom. The van der Waals surface area contributed by atoms with Crippen LogP contribution in [0.3, 0.4) is 0 Å². The van der Waals surface area contributed by atoms with E-state index >= 15 is 0 Å². The van der Waals surface area contributed by atoms with E-state index in [1.165, 1.54) is 11.1 Å². The maximum atomic E-state index is 5.76. The molecule has 1 atom stereocenters. The predicted molar refractivity (Wildman–Crippen MR) is 81.3 cm³/mol. The quantitative estimate of drug-likeness (QED) is 0.666. The smallest absolute Gasteiger partial charge is 0.125 e. The minimum atomic E-state index is 0.0197. The van der Waals surface area contributed by atoms with Crippen LogP contribution in [0, 0.1) is 0 Å². The number of rotatable bonds is 4. The molecule has 20 heavy (non-hydrogen) atoms. The van der Waals surface area contributed by atoms with Crippen LogP contribution in [-0.2, 0) is 12.8 Å². The van der Waals surface area contributed by atoms with Gasteiger partial charge in [0.1, 0.15) is 5.75 Å². The number of nitrogens with zero attached hydrogens (tertiary/aromatic N) is 1. The van der Waals surface area contributed by atoms with E-state index in [2.05, 4.69) is 38.5 Å². The van der Waals surface area contributed by atoms with Gasteiger partial charge in [0.25, 0.3) is 0 Å². The molecule has 0 bridgehead atoms. The molecule has 1 aromatic carbocycles. The van der Waals surface area contributed by atoms with Crippen LogP contribution in [-0.4, -0.2) is 11.6 Å². The molecule has 0 aliphatic carbocycles. The molecule has 0 spiro atoms. The number of nitrogens with one attached hydrogen (secondary N) is 1. The summed E-state index contributed by atoms with van der Waals surface area (Å²) in [4.78, 5) is 4.15. The van der Waals surface area contributed by atoms with Crippen LogP contribution >= 0.6 is 15.9 Å². The summed E-state index contributed by atoms with van der Waals surface area (Å²) in [6, 6.07) is 8.19. The van der Waals surface area contributed by atoms with Crippen molar-refractivity contribution in [3.8, 4) is 5.75 Å². The number of hydrogen-bond acceptors (Lipinski definition) is 4. The Morgan fingerprint density at radius 2 is 2.35 bits per heavy atom. The van der Waals surface area contributed by atoms with Gasteiger partial charge in [0, 0.05) is 23.3 Å². The summed E-state index contributed by atoms with van der Waals surface area (Å²) in [5.74, 6) is 6.72. The fraction of sp³-hybridized carbons (Fsp3) is 0.267. The van der Waals surface area contributed by atoms with E-state index in [-0.39, 0.29) is 6.04 Å². The van der Waals surface area contributed by atoms with Crippen molar-refractivity contribution < 1.29 is 4.74 Å². The second kappa shape index (κ2) is 5.91. The lowest BCUT2D eigenvalue weighted by atomic mass is 9.98. The lowest BCUT2D eigenvalue weighted by molar-refractivity contribution is 0.351. The molecule has 1 aliphatic heterocycles. The van der Waals surface area contributed by atoms with Gasteiger partial charge in [0.2, 0.25) is 0 Å². The van der Waals surface area contributed by atoms with Crippen molar-refractivity contribution in [1.82, 2.24) is 10.4 Å². The van der Waals surface area contributed by atoms with Crippen molar-refractivity contribution in [3.63, 3.8) is 0 Å². The summed E-state index contributed by atoms with van der Waals surface area (Å²) in [7, 11) is 0. The molecular weight excluding hydrogens is 318 g/mol. The molecule has 1 aromatic heterocycles. The topological polar surface area (TPSA) is 60.2 Å². The Labute approximate surface area is 126 Å². The van der Waals surface area contributed by atoms with Gasteiger partial charge in [-0.05, 0) is 41.3 Å². The third kappa shape index (κ3) is 2.70. The van der Waals surface area contributed by atoms with E-state index in [4.69, 9.17) is 10.6 Å². The van der Waals surface area contributed by atoms with Gasteiger partial charge >= 0.3 is 0 Å². The number of pyridine rings is 1. The summed E-state index contributed by atoms with van der Waals surface area (Å²) < 4.78 is 6.84. The number of hydrazine groups is 1. The Bertz CT molecular complexity index is 604. The maximum Gasteiger partial charge on any atom is 0.125 e. The summed E-state index contributed by atoms with van der Waals surface area (Å²) >= 11 is 3.56. The monoisotopic (exact) mass is 333 g/mol.